The van der Waals surface area contributed by atoms with E-state index in [0.29, 0.717) is 0 Å². The Labute approximate surface area is 200 Å². The lowest BCUT2D eigenvalue weighted by atomic mass is 10.2. The molecule has 0 aliphatic carbocycles. The van der Waals surface area contributed by atoms with Crippen LogP contribution in [0.15, 0.2) is 70.3 Å². The van der Waals surface area contributed by atoms with Crippen molar-refractivity contribution in [3.63, 3.8) is 0 Å². The molecule has 1 saturated heterocycles. The van der Waals surface area contributed by atoms with Gasteiger partial charge in [0.1, 0.15) is 5.82 Å². The Morgan fingerprint density at radius 2 is 1.46 bits per heavy atom. The summed E-state index contributed by atoms with van der Waals surface area (Å²) in [7, 11) is 0. The van der Waals surface area contributed by atoms with Crippen molar-refractivity contribution in [1.29, 1.82) is 0 Å². The van der Waals surface area contributed by atoms with Gasteiger partial charge in [0.2, 0.25) is 17.7 Å². The predicted octanol–water partition coefficient (Wildman–Crippen LogP) is 1.24. The highest BCUT2D eigenvalue weighted by molar-refractivity contribution is 6.02. The number of nitrogens with two attached hydrogens (primary N) is 1. The van der Waals surface area contributed by atoms with E-state index in [1.165, 1.54) is 9.47 Å². The standard InChI is InChI=1S/C25H25N5O5/c26-23-22(24(34)27-25(35)30(23)16-18-9-5-2-6-10-18)29(15-17-7-3-1-4-8-17)21(33)13-14-28-19(31)11-12-20(28)32/h1-10H,11-16,26H2,(H,27,34,35). The molecule has 3 amide bonds. The maximum absolute atomic E-state index is 13.4. The highest BCUT2D eigenvalue weighted by Gasteiger charge is 2.31. The number of hydrogen-bond acceptors (Lipinski definition) is 6. The van der Waals surface area contributed by atoms with Crippen LogP contribution in [0.3, 0.4) is 0 Å². The van der Waals surface area contributed by atoms with Gasteiger partial charge in [0.05, 0.1) is 13.1 Å². The summed E-state index contributed by atoms with van der Waals surface area (Å²) in [4.78, 5) is 67.3. The Hall–Kier alpha value is -4.47. The third-order valence-electron chi connectivity index (χ3n) is 5.86. The van der Waals surface area contributed by atoms with E-state index >= 15 is 0 Å². The van der Waals surface area contributed by atoms with Crippen molar-refractivity contribution in [2.75, 3.05) is 17.2 Å². The monoisotopic (exact) mass is 475 g/mol. The molecule has 0 spiro atoms. The number of rotatable bonds is 8. The summed E-state index contributed by atoms with van der Waals surface area (Å²) >= 11 is 0. The molecular formula is C25H25N5O5. The van der Waals surface area contributed by atoms with Gasteiger partial charge in [0, 0.05) is 25.8 Å². The van der Waals surface area contributed by atoms with Crippen LogP contribution >= 0.6 is 0 Å². The normalized spacial score (nSPS) is 13.3. The van der Waals surface area contributed by atoms with E-state index in [-0.39, 0.29) is 62.2 Å². The number of aromatic amines is 1. The van der Waals surface area contributed by atoms with E-state index < -0.39 is 17.2 Å². The largest absolute Gasteiger partial charge is 0.383 e. The minimum atomic E-state index is -0.797. The first-order chi connectivity index (χ1) is 16.8. The second-order valence-electron chi connectivity index (χ2n) is 8.22. The van der Waals surface area contributed by atoms with Crippen LogP contribution in [0.4, 0.5) is 11.5 Å². The van der Waals surface area contributed by atoms with Gasteiger partial charge in [0.15, 0.2) is 5.69 Å². The van der Waals surface area contributed by atoms with Crippen molar-refractivity contribution < 1.29 is 14.4 Å². The van der Waals surface area contributed by atoms with E-state index in [0.717, 1.165) is 16.0 Å². The van der Waals surface area contributed by atoms with Crippen molar-refractivity contribution in [3.05, 3.63) is 92.6 Å². The number of carbonyl (C=O) groups is 3. The van der Waals surface area contributed by atoms with Gasteiger partial charge >= 0.3 is 5.69 Å². The maximum atomic E-state index is 13.4. The average Bonchev–Trinajstić information content (AvgIpc) is 3.17. The summed E-state index contributed by atoms with van der Waals surface area (Å²) in [6.45, 7) is 0.0150. The first-order valence-electron chi connectivity index (χ1n) is 11.2. The highest BCUT2D eigenvalue weighted by atomic mass is 16.2. The maximum Gasteiger partial charge on any atom is 0.330 e. The Morgan fingerprint density at radius 3 is 2.06 bits per heavy atom. The summed E-state index contributed by atoms with van der Waals surface area (Å²) in [6, 6.07) is 18.1. The first kappa shape index (κ1) is 23.7. The van der Waals surface area contributed by atoms with Crippen molar-refractivity contribution in [1.82, 2.24) is 14.5 Å². The number of nitrogens with zero attached hydrogens (tertiary/aromatic N) is 3. The fourth-order valence-corrected chi connectivity index (χ4v) is 4.03. The molecule has 10 nitrogen and oxygen atoms in total. The summed E-state index contributed by atoms with van der Waals surface area (Å²) in [5.74, 6) is -1.32. The van der Waals surface area contributed by atoms with E-state index in [2.05, 4.69) is 4.98 Å². The molecule has 10 heteroatoms. The lowest BCUT2D eigenvalue weighted by molar-refractivity contribution is -0.138. The smallest absolute Gasteiger partial charge is 0.330 e. The molecule has 1 fully saturated rings. The van der Waals surface area contributed by atoms with Crippen LogP contribution in [0.5, 0.6) is 0 Å². The van der Waals surface area contributed by atoms with E-state index in [9.17, 15) is 24.0 Å². The molecule has 4 rings (SSSR count). The van der Waals surface area contributed by atoms with Crippen LogP contribution in [0.1, 0.15) is 30.4 Å². The van der Waals surface area contributed by atoms with Crippen LogP contribution in [0.25, 0.3) is 0 Å². The Bertz CT molecular complexity index is 1350. The minimum absolute atomic E-state index is 0.0123. The summed E-state index contributed by atoms with van der Waals surface area (Å²) in [6.07, 6.45) is 0.0522. The quantitative estimate of drug-likeness (QED) is 0.470. The van der Waals surface area contributed by atoms with Gasteiger partial charge in [-0.15, -0.1) is 0 Å². The molecule has 1 aliphatic rings. The molecule has 1 aromatic heterocycles. The average molecular weight is 476 g/mol. The second kappa shape index (κ2) is 10.2. The van der Waals surface area contributed by atoms with Gasteiger partial charge < -0.3 is 10.6 Å². The van der Waals surface area contributed by atoms with Crippen molar-refractivity contribution in [2.45, 2.75) is 32.4 Å². The second-order valence-corrected chi connectivity index (χ2v) is 8.22. The zero-order chi connectivity index (χ0) is 24.9. The molecule has 35 heavy (non-hydrogen) atoms. The van der Waals surface area contributed by atoms with Crippen LogP contribution in [-0.2, 0) is 27.5 Å². The van der Waals surface area contributed by atoms with Gasteiger partial charge in [-0.1, -0.05) is 60.7 Å². The zero-order valence-corrected chi connectivity index (χ0v) is 19.0. The van der Waals surface area contributed by atoms with Crippen molar-refractivity contribution in [3.8, 4) is 0 Å². The topological polar surface area (TPSA) is 139 Å². The molecule has 0 bridgehead atoms. The number of nitrogens with one attached hydrogen (secondary N) is 1. The molecule has 0 saturated carbocycles. The van der Waals surface area contributed by atoms with Crippen LogP contribution in [-0.4, -0.2) is 38.7 Å². The van der Waals surface area contributed by atoms with Crippen molar-refractivity contribution >= 4 is 29.2 Å². The van der Waals surface area contributed by atoms with Gasteiger partial charge in [-0.25, -0.2) is 4.79 Å². The lowest BCUT2D eigenvalue weighted by Crippen LogP contribution is -2.42. The molecule has 2 aromatic carbocycles. The molecule has 180 valence electrons. The number of aromatic nitrogens is 2. The molecular weight excluding hydrogens is 450 g/mol. The summed E-state index contributed by atoms with van der Waals surface area (Å²) in [5.41, 5.74) is 6.18. The Kier molecular flexibility index (Phi) is 6.91. The molecule has 3 N–H and O–H groups in total. The fourth-order valence-electron chi connectivity index (χ4n) is 4.03. The summed E-state index contributed by atoms with van der Waals surface area (Å²) < 4.78 is 1.20. The van der Waals surface area contributed by atoms with Crippen LogP contribution < -0.4 is 21.9 Å². The number of carbonyl (C=O) groups excluding carboxylic acids is 3. The first-order valence-corrected chi connectivity index (χ1v) is 11.2. The molecule has 2 heterocycles. The third kappa shape index (κ3) is 5.21. The Morgan fingerprint density at radius 1 is 0.886 bits per heavy atom. The number of anilines is 2. The van der Waals surface area contributed by atoms with Gasteiger partial charge in [-0.3, -0.25) is 33.6 Å². The molecule has 0 unspecified atom stereocenters. The van der Waals surface area contributed by atoms with Crippen LogP contribution in [0.2, 0.25) is 0 Å². The molecule has 3 aromatic rings. The highest BCUT2D eigenvalue weighted by Crippen LogP contribution is 2.22. The third-order valence-corrected chi connectivity index (χ3v) is 5.86. The number of benzene rings is 2. The SMILES string of the molecule is Nc1c(N(Cc2ccccc2)C(=O)CCN2C(=O)CCC2=O)c(=O)[nH]c(=O)n1Cc1ccccc1. The molecule has 0 radical (unpaired) electrons. The van der Waals surface area contributed by atoms with Crippen molar-refractivity contribution in [2.24, 2.45) is 0 Å². The predicted molar refractivity (Wildman–Crippen MR) is 129 cm³/mol. The lowest BCUT2D eigenvalue weighted by Gasteiger charge is -2.25. The zero-order valence-electron chi connectivity index (χ0n) is 19.0. The number of H-pyrrole nitrogens is 1. The number of imide groups is 1. The number of hydrogen-bond donors (Lipinski definition) is 2. The fraction of sp³-hybridized carbons (Fsp3) is 0.240. The van der Waals surface area contributed by atoms with Gasteiger partial charge in [-0.2, -0.15) is 0 Å². The van der Waals surface area contributed by atoms with Gasteiger partial charge in [0.25, 0.3) is 5.56 Å². The van der Waals surface area contributed by atoms with E-state index in [1.807, 2.05) is 36.4 Å². The molecule has 1 aliphatic heterocycles. The summed E-state index contributed by atoms with van der Waals surface area (Å²) in [5, 5.41) is 0. The number of nitrogen functional groups attached to an aromatic ring is 1. The van der Waals surface area contributed by atoms with E-state index in [1.54, 1.807) is 24.3 Å². The molecule has 0 atom stereocenters. The van der Waals surface area contributed by atoms with E-state index in [4.69, 9.17) is 5.73 Å². The van der Waals surface area contributed by atoms with Gasteiger partial charge in [-0.05, 0) is 11.1 Å². The number of likely N-dealkylation sites (tertiary alicyclic amines) is 1. The minimum Gasteiger partial charge on any atom is -0.383 e. The number of amides is 3. The van der Waals surface area contributed by atoms with Crippen LogP contribution in [0, 0.1) is 0 Å². The Balaban J connectivity index is 1.70.